The molecule has 2 N–H and O–H groups in total. The Morgan fingerprint density at radius 2 is 1.86 bits per heavy atom. The molecular formula is C21H13ClFN3O2. The molecule has 0 bridgehead atoms. The molecule has 138 valence electrons. The Bertz CT molecular complexity index is 1200. The maximum absolute atomic E-state index is 14.0. The van der Waals surface area contributed by atoms with Crippen molar-refractivity contribution in [3.8, 4) is 11.1 Å². The fraction of sp³-hybridized carbons (Fsp3) is 0. The van der Waals surface area contributed by atoms with Crippen molar-refractivity contribution in [3.63, 3.8) is 0 Å². The summed E-state index contributed by atoms with van der Waals surface area (Å²) in [6.45, 7) is 0. The van der Waals surface area contributed by atoms with Crippen molar-refractivity contribution in [3.05, 3.63) is 83.5 Å². The van der Waals surface area contributed by atoms with Crippen molar-refractivity contribution in [2.45, 2.75) is 0 Å². The highest BCUT2D eigenvalue weighted by molar-refractivity contribution is 6.31. The van der Waals surface area contributed by atoms with E-state index in [1.807, 2.05) is 0 Å². The topological polar surface area (TPSA) is 75.1 Å². The first-order valence-corrected chi connectivity index (χ1v) is 8.69. The van der Waals surface area contributed by atoms with Gasteiger partial charge in [0.1, 0.15) is 5.82 Å². The fourth-order valence-electron chi connectivity index (χ4n) is 2.99. The first kappa shape index (κ1) is 17.9. The number of nitrogens with zero attached hydrogens (tertiary/aromatic N) is 2. The van der Waals surface area contributed by atoms with Crippen LogP contribution >= 0.6 is 11.6 Å². The van der Waals surface area contributed by atoms with Gasteiger partial charge in [-0.2, -0.15) is 0 Å². The van der Waals surface area contributed by atoms with Gasteiger partial charge < -0.3 is 10.4 Å². The van der Waals surface area contributed by atoms with Gasteiger partial charge in [0.2, 0.25) is 0 Å². The third-order valence-electron chi connectivity index (χ3n) is 4.29. The third-order valence-corrected chi connectivity index (χ3v) is 4.53. The lowest BCUT2D eigenvalue weighted by Crippen LogP contribution is -2.04. The Morgan fingerprint density at radius 1 is 1.07 bits per heavy atom. The average molecular weight is 394 g/mol. The quantitative estimate of drug-likeness (QED) is 0.476. The minimum absolute atomic E-state index is 0.00884. The third kappa shape index (κ3) is 3.37. The molecule has 0 radical (unpaired) electrons. The predicted molar refractivity (Wildman–Crippen MR) is 107 cm³/mol. The Morgan fingerprint density at radius 3 is 2.61 bits per heavy atom. The van der Waals surface area contributed by atoms with E-state index in [1.165, 1.54) is 18.2 Å². The monoisotopic (exact) mass is 393 g/mol. The highest BCUT2D eigenvalue weighted by Gasteiger charge is 2.16. The molecule has 2 heterocycles. The van der Waals surface area contributed by atoms with Crippen molar-refractivity contribution >= 4 is 39.8 Å². The van der Waals surface area contributed by atoms with Crippen molar-refractivity contribution in [2.24, 2.45) is 0 Å². The lowest BCUT2D eigenvalue weighted by molar-refractivity contribution is 0.0698. The van der Waals surface area contributed by atoms with Crippen LogP contribution in [0.1, 0.15) is 10.4 Å². The van der Waals surface area contributed by atoms with Gasteiger partial charge in [0.05, 0.1) is 22.5 Å². The van der Waals surface area contributed by atoms with Crippen molar-refractivity contribution in [1.29, 1.82) is 0 Å². The molecule has 2 aromatic carbocycles. The summed E-state index contributed by atoms with van der Waals surface area (Å²) in [6.07, 6.45) is 4.94. The molecule has 0 atom stereocenters. The summed E-state index contributed by atoms with van der Waals surface area (Å²) in [7, 11) is 0. The Hall–Kier alpha value is -3.51. The molecule has 0 saturated carbocycles. The van der Waals surface area contributed by atoms with Gasteiger partial charge in [0, 0.05) is 34.6 Å². The summed E-state index contributed by atoms with van der Waals surface area (Å²) in [5.74, 6) is -1.54. The number of rotatable bonds is 4. The standard InChI is InChI=1S/C21H13ClFN3O2/c22-13-1-3-19(16(9-13)21(27)28)26-20-15-10-14(23)2-4-18(15)25-11-17(20)12-5-7-24-8-6-12/h1-11H,(H,25,26)(H,27,28). The molecule has 0 aliphatic heterocycles. The van der Waals surface area contributed by atoms with Gasteiger partial charge in [-0.1, -0.05) is 11.6 Å². The van der Waals surface area contributed by atoms with Crippen molar-refractivity contribution in [1.82, 2.24) is 9.97 Å². The highest BCUT2D eigenvalue weighted by Crippen LogP contribution is 2.37. The maximum atomic E-state index is 14.0. The number of pyridine rings is 2. The summed E-state index contributed by atoms with van der Waals surface area (Å²) in [5, 5.41) is 13.5. The van der Waals surface area contributed by atoms with Crippen LogP contribution in [0.4, 0.5) is 15.8 Å². The van der Waals surface area contributed by atoms with E-state index in [4.69, 9.17) is 11.6 Å². The van der Waals surface area contributed by atoms with Crippen LogP contribution in [0.25, 0.3) is 22.0 Å². The molecule has 0 fully saturated rings. The minimum Gasteiger partial charge on any atom is -0.478 e. The SMILES string of the molecule is O=C(O)c1cc(Cl)ccc1Nc1c(-c2ccncc2)cnc2ccc(F)cc12. The van der Waals surface area contributed by atoms with E-state index in [-0.39, 0.29) is 5.56 Å². The van der Waals surface area contributed by atoms with E-state index >= 15 is 0 Å². The van der Waals surface area contributed by atoms with Gasteiger partial charge in [-0.3, -0.25) is 9.97 Å². The summed E-state index contributed by atoms with van der Waals surface area (Å²) in [6, 6.07) is 12.4. The second-order valence-electron chi connectivity index (χ2n) is 6.06. The lowest BCUT2D eigenvalue weighted by atomic mass is 10.0. The van der Waals surface area contributed by atoms with Crippen LogP contribution in [0, 0.1) is 5.82 Å². The molecule has 0 unspecified atom stereocenters. The van der Waals surface area contributed by atoms with Gasteiger partial charge in [-0.05, 0) is 54.1 Å². The Balaban J connectivity index is 1.97. The van der Waals surface area contributed by atoms with Crippen LogP contribution < -0.4 is 5.32 Å². The predicted octanol–water partition coefficient (Wildman–Crippen LogP) is 5.53. The normalized spacial score (nSPS) is 10.8. The van der Waals surface area contributed by atoms with E-state index in [0.717, 1.165) is 5.56 Å². The number of anilines is 2. The molecule has 0 amide bonds. The molecule has 5 nitrogen and oxygen atoms in total. The Labute approximate surface area is 164 Å². The molecule has 7 heteroatoms. The van der Waals surface area contributed by atoms with Gasteiger partial charge >= 0.3 is 5.97 Å². The first-order chi connectivity index (χ1) is 13.5. The summed E-state index contributed by atoms with van der Waals surface area (Å²) in [5.41, 5.74) is 2.96. The number of hydrogen-bond acceptors (Lipinski definition) is 4. The van der Waals surface area contributed by atoms with Crippen LogP contribution in [0.2, 0.25) is 5.02 Å². The zero-order chi connectivity index (χ0) is 19.7. The first-order valence-electron chi connectivity index (χ1n) is 8.31. The fourth-order valence-corrected chi connectivity index (χ4v) is 3.16. The van der Waals surface area contributed by atoms with E-state index in [9.17, 15) is 14.3 Å². The molecule has 28 heavy (non-hydrogen) atoms. The van der Waals surface area contributed by atoms with Crippen LogP contribution in [0.5, 0.6) is 0 Å². The van der Waals surface area contributed by atoms with Gasteiger partial charge in [0.15, 0.2) is 0 Å². The summed E-state index contributed by atoms with van der Waals surface area (Å²) in [4.78, 5) is 20.1. The number of aromatic carboxylic acids is 1. The molecule has 4 aromatic rings. The molecule has 0 saturated heterocycles. The number of hydrogen-bond donors (Lipinski definition) is 2. The number of carboxylic acid groups (broad SMARTS) is 1. The molecule has 0 aliphatic rings. The zero-order valence-corrected chi connectivity index (χ0v) is 15.1. The van der Waals surface area contributed by atoms with E-state index in [1.54, 1.807) is 48.9 Å². The van der Waals surface area contributed by atoms with Crippen molar-refractivity contribution < 1.29 is 14.3 Å². The second kappa shape index (κ2) is 7.25. The van der Waals surface area contributed by atoms with E-state index in [2.05, 4.69) is 15.3 Å². The smallest absolute Gasteiger partial charge is 0.337 e. The maximum Gasteiger partial charge on any atom is 0.337 e. The largest absolute Gasteiger partial charge is 0.478 e. The molecule has 0 spiro atoms. The second-order valence-corrected chi connectivity index (χ2v) is 6.50. The van der Waals surface area contributed by atoms with Crippen LogP contribution in [-0.2, 0) is 0 Å². The highest BCUT2D eigenvalue weighted by atomic mass is 35.5. The van der Waals surface area contributed by atoms with Crippen LogP contribution in [-0.4, -0.2) is 21.0 Å². The zero-order valence-electron chi connectivity index (χ0n) is 14.4. The van der Waals surface area contributed by atoms with E-state index in [0.29, 0.717) is 32.9 Å². The summed E-state index contributed by atoms with van der Waals surface area (Å²) >= 11 is 5.95. The molecular weight excluding hydrogens is 381 g/mol. The number of aromatic nitrogens is 2. The lowest BCUT2D eigenvalue weighted by Gasteiger charge is -2.16. The van der Waals surface area contributed by atoms with Gasteiger partial charge in [-0.25, -0.2) is 9.18 Å². The Kier molecular flexibility index (Phi) is 4.63. The molecule has 4 rings (SSSR count). The van der Waals surface area contributed by atoms with E-state index < -0.39 is 11.8 Å². The van der Waals surface area contributed by atoms with Gasteiger partial charge in [-0.15, -0.1) is 0 Å². The average Bonchev–Trinajstić information content (AvgIpc) is 2.70. The number of benzene rings is 2. The van der Waals surface area contributed by atoms with Gasteiger partial charge in [0.25, 0.3) is 0 Å². The number of carbonyl (C=O) groups is 1. The summed E-state index contributed by atoms with van der Waals surface area (Å²) < 4.78 is 14.0. The molecule has 0 aliphatic carbocycles. The number of halogens is 2. The number of fused-ring (bicyclic) bond motifs is 1. The van der Waals surface area contributed by atoms with Crippen molar-refractivity contribution in [2.75, 3.05) is 5.32 Å². The number of carboxylic acids is 1. The molecule has 2 aromatic heterocycles. The van der Waals surface area contributed by atoms with Crippen LogP contribution in [0.3, 0.4) is 0 Å². The number of nitrogens with one attached hydrogen (secondary N) is 1. The minimum atomic E-state index is -1.12. The van der Waals surface area contributed by atoms with Crippen LogP contribution in [0.15, 0.2) is 67.1 Å².